The smallest absolute Gasteiger partial charge is 0.482 e. The molecule has 2 bridgehead atoms. The van der Waals surface area contributed by atoms with Gasteiger partial charge in [0.15, 0.2) is 0 Å². The zero-order valence-corrected chi connectivity index (χ0v) is 21.7. The quantitative estimate of drug-likeness (QED) is 0.500. The van der Waals surface area contributed by atoms with Crippen LogP contribution in [0.5, 0.6) is 5.75 Å². The Morgan fingerprint density at radius 3 is 2.53 bits per heavy atom. The van der Waals surface area contributed by atoms with Gasteiger partial charge in [-0.05, 0) is 75.8 Å². The number of para-hydroxylation sites is 1. The molecule has 34 heavy (non-hydrogen) atoms. The van der Waals surface area contributed by atoms with Gasteiger partial charge >= 0.3 is 13.1 Å². The van der Waals surface area contributed by atoms with Crippen molar-refractivity contribution >= 4 is 19.0 Å². The van der Waals surface area contributed by atoms with E-state index in [1.807, 2.05) is 26.8 Å². The first kappa shape index (κ1) is 25.1. The summed E-state index contributed by atoms with van der Waals surface area (Å²) >= 11 is 0. The third-order valence-electron chi connectivity index (χ3n) is 8.05. The summed E-state index contributed by atoms with van der Waals surface area (Å²) < 4.78 is 24.3. The van der Waals surface area contributed by atoms with Crippen molar-refractivity contribution in [1.29, 1.82) is 0 Å². The molecule has 0 radical (unpaired) electrons. The van der Waals surface area contributed by atoms with E-state index >= 15 is 0 Å². The van der Waals surface area contributed by atoms with Crippen LogP contribution in [0.2, 0.25) is 0 Å². The minimum atomic E-state index is -0.622. The molecule has 5 atom stereocenters. The predicted molar refractivity (Wildman–Crippen MR) is 130 cm³/mol. The van der Waals surface area contributed by atoms with Crippen LogP contribution in [-0.4, -0.2) is 49.4 Å². The molecule has 4 unspecified atom stereocenters. The van der Waals surface area contributed by atoms with Crippen LogP contribution in [0.4, 0.5) is 0 Å². The van der Waals surface area contributed by atoms with Crippen molar-refractivity contribution in [2.45, 2.75) is 91.0 Å². The van der Waals surface area contributed by atoms with Crippen LogP contribution >= 0.6 is 0 Å². The maximum atomic E-state index is 12.8. The standard InChI is InChI=1S/C26H38BNO6/c1-15(29)28-21(27-33-20-14-17-13-19(25(17,5)6)26(20,7)34-27)12-16-10-9-11-18(22(16)31-8)23(30)32-24(2,3)4/h9-11,17,19-21H,12-14H2,1-8H3,(H,28,29)/t17?,19-,20?,21?,26?/m1/s1. The Kier molecular flexibility index (Phi) is 6.30. The van der Waals surface area contributed by atoms with Crippen LogP contribution < -0.4 is 10.1 Å². The highest BCUT2D eigenvalue weighted by molar-refractivity contribution is 6.48. The number of rotatable bonds is 6. The summed E-state index contributed by atoms with van der Waals surface area (Å²) in [6.07, 6.45) is 2.54. The fourth-order valence-corrected chi connectivity index (χ4v) is 6.26. The van der Waals surface area contributed by atoms with Gasteiger partial charge < -0.3 is 24.1 Å². The predicted octanol–water partition coefficient (Wildman–Crippen LogP) is 3.97. The summed E-state index contributed by atoms with van der Waals surface area (Å²) in [4.78, 5) is 24.9. The molecule has 1 aliphatic heterocycles. The summed E-state index contributed by atoms with van der Waals surface area (Å²) in [5, 5.41) is 3.02. The van der Waals surface area contributed by atoms with Crippen LogP contribution in [0, 0.1) is 17.3 Å². The lowest BCUT2D eigenvalue weighted by Gasteiger charge is -2.64. The highest BCUT2D eigenvalue weighted by Gasteiger charge is 2.68. The third-order valence-corrected chi connectivity index (χ3v) is 8.05. The maximum Gasteiger partial charge on any atom is 0.482 e. The van der Waals surface area contributed by atoms with Crippen LogP contribution in [0.1, 0.15) is 77.2 Å². The minimum absolute atomic E-state index is 0.0144. The first-order valence-corrected chi connectivity index (χ1v) is 12.3. The summed E-state index contributed by atoms with van der Waals surface area (Å²) in [6.45, 7) is 13.8. The van der Waals surface area contributed by atoms with E-state index in [2.05, 4.69) is 26.1 Å². The Hall–Kier alpha value is -2.06. The monoisotopic (exact) mass is 471 g/mol. The number of nitrogens with one attached hydrogen (secondary N) is 1. The van der Waals surface area contributed by atoms with E-state index in [-0.39, 0.29) is 23.0 Å². The molecule has 3 aliphatic carbocycles. The third kappa shape index (κ3) is 4.35. The molecule has 1 amide bonds. The first-order chi connectivity index (χ1) is 15.8. The van der Waals surface area contributed by atoms with Gasteiger partial charge in [-0.1, -0.05) is 26.0 Å². The fourth-order valence-electron chi connectivity index (χ4n) is 6.26. The number of methoxy groups -OCH3 is 1. The van der Waals surface area contributed by atoms with Crippen LogP contribution in [0.25, 0.3) is 0 Å². The molecule has 1 heterocycles. The SMILES string of the molecule is COc1c(CC(NC(C)=O)B2OC3CC4C[C@H](C4(C)C)C3(C)O2)cccc1C(=O)OC(C)(C)C. The average Bonchev–Trinajstić information content (AvgIpc) is 3.08. The Balaban J connectivity index is 1.59. The van der Waals surface area contributed by atoms with Crippen LogP contribution in [-0.2, 0) is 25.3 Å². The average molecular weight is 471 g/mol. The van der Waals surface area contributed by atoms with Crippen molar-refractivity contribution in [2.24, 2.45) is 17.3 Å². The molecule has 1 saturated heterocycles. The molecule has 1 aromatic carbocycles. The number of ether oxygens (including phenoxy) is 2. The molecule has 4 aliphatic rings. The molecule has 0 spiro atoms. The van der Waals surface area contributed by atoms with E-state index in [4.69, 9.17) is 18.8 Å². The highest BCUT2D eigenvalue weighted by atomic mass is 16.7. The van der Waals surface area contributed by atoms with Crippen molar-refractivity contribution in [1.82, 2.24) is 5.32 Å². The zero-order chi connectivity index (χ0) is 25.1. The van der Waals surface area contributed by atoms with Crippen molar-refractivity contribution in [3.63, 3.8) is 0 Å². The van der Waals surface area contributed by atoms with Gasteiger partial charge in [-0.15, -0.1) is 0 Å². The number of esters is 1. The normalized spacial score (nSPS) is 30.1. The molecule has 0 aromatic heterocycles. The largest absolute Gasteiger partial charge is 0.496 e. The van der Waals surface area contributed by atoms with Gasteiger partial charge in [-0.25, -0.2) is 4.79 Å². The van der Waals surface area contributed by atoms with Gasteiger partial charge in [0, 0.05) is 6.92 Å². The molecule has 186 valence electrons. The summed E-state index contributed by atoms with van der Waals surface area (Å²) in [7, 11) is 0.956. The van der Waals surface area contributed by atoms with E-state index in [1.54, 1.807) is 12.1 Å². The number of carbonyl (C=O) groups is 2. The molecular formula is C26H38BNO6. The molecule has 3 saturated carbocycles. The number of hydrogen-bond acceptors (Lipinski definition) is 6. The number of hydrogen-bond donors (Lipinski definition) is 1. The summed E-state index contributed by atoms with van der Waals surface area (Å²) in [5.41, 5.74) is 0.372. The van der Waals surface area contributed by atoms with Gasteiger partial charge in [0.2, 0.25) is 5.91 Å². The number of carbonyl (C=O) groups excluding carboxylic acids is 2. The zero-order valence-electron chi connectivity index (χ0n) is 21.7. The number of benzene rings is 1. The Morgan fingerprint density at radius 2 is 1.94 bits per heavy atom. The van der Waals surface area contributed by atoms with Crippen molar-refractivity contribution in [3.8, 4) is 5.75 Å². The molecule has 8 heteroatoms. The van der Waals surface area contributed by atoms with Gasteiger partial charge in [0.25, 0.3) is 0 Å². The topological polar surface area (TPSA) is 83.1 Å². The van der Waals surface area contributed by atoms with Crippen molar-refractivity contribution < 1.29 is 28.4 Å². The van der Waals surface area contributed by atoms with Gasteiger partial charge in [0.1, 0.15) is 16.9 Å². The minimum Gasteiger partial charge on any atom is -0.496 e. The molecule has 7 nitrogen and oxygen atoms in total. The Labute approximate surface area is 203 Å². The van der Waals surface area contributed by atoms with Crippen molar-refractivity contribution in [2.75, 3.05) is 7.11 Å². The number of amides is 1. The first-order valence-electron chi connectivity index (χ1n) is 12.3. The van der Waals surface area contributed by atoms with E-state index in [0.29, 0.717) is 29.6 Å². The summed E-state index contributed by atoms with van der Waals surface area (Å²) in [5.74, 6) is 0.472. The fraction of sp³-hybridized carbons (Fsp3) is 0.692. The van der Waals surface area contributed by atoms with E-state index < -0.39 is 24.6 Å². The lowest BCUT2D eigenvalue weighted by Crippen LogP contribution is -2.65. The molecule has 5 rings (SSSR count). The lowest BCUT2D eigenvalue weighted by atomic mass is 9.43. The second kappa shape index (κ2) is 8.56. The molecule has 1 aromatic rings. The van der Waals surface area contributed by atoms with Gasteiger partial charge in [0.05, 0.1) is 24.8 Å². The second-order valence-corrected chi connectivity index (χ2v) is 11.8. The highest BCUT2D eigenvalue weighted by Crippen LogP contribution is 2.65. The van der Waals surface area contributed by atoms with E-state index in [9.17, 15) is 9.59 Å². The van der Waals surface area contributed by atoms with Crippen molar-refractivity contribution in [3.05, 3.63) is 29.3 Å². The second-order valence-electron chi connectivity index (χ2n) is 11.8. The molecule has 4 fully saturated rings. The molecule has 1 N–H and O–H groups in total. The van der Waals surface area contributed by atoms with Crippen LogP contribution in [0.3, 0.4) is 0 Å². The van der Waals surface area contributed by atoms with E-state index in [1.165, 1.54) is 14.0 Å². The van der Waals surface area contributed by atoms with Crippen LogP contribution in [0.15, 0.2) is 18.2 Å². The Morgan fingerprint density at radius 1 is 1.24 bits per heavy atom. The van der Waals surface area contributed by atoms with Gasteiger partial charge in [-0.2, -0.15) is 0 Å². The maximum absolute atomic E-state index is 12.8. The van der Waals surface area contributed by atoms with E-state index in [0.717, 1.165) is 18.4 Å². The lowest BCUT2D eigenvalue weighted by molar-refractivity contribution is -0.199. The molecular weight excluding hydrogens is 433 g/mol. The summed E-state index contributed by atoms with van der Waals surface area (Å²) in [6, 6.07) is 5.39. The Bertz CT molecular complexity index is 973. The van der Waals surface area contributed by atoms with Gasteiger partial charge in [-0.3, -0.25) is 4.79 Å².